The zero-order valence-electron chi connectivity index (χ0n) is 17.2. The van der Waals surface area contributed by atoms with Crippen LogP contribution in [0.25, 0.3) is 10.2 Å². The van der Waals surface area contributed by atoms with Crippen LogP contribution in [0.15, 0.2) is 67.3 Å². The molecule has 1 amide bonds. The average Bonchev–Trinajstić information content (AvgIpc) is 3.23. The van der Waals surface area contributed by atoms with Crippen molar-refractivity contribution in [2.24, 2.45) is 5.92 Å². The number of likely N-dealkylation sites (tertiary alicyclic amines) is 1. The van der Waals surface area contributed by atoms with Crippen LogP contribution >= 0.6 is 11.3 Å². The van der Waals surface area contributed by atoms with Crippen LogP contribution in [0.2, 0.25) is 0 Å². The van der Waals surface area contributed by atoms with Crippen molar-refractivity contribution in [3.05, 3.63) is 77.8 Å². The minimum absolute atomic E-state index is 0.122. The van der Waals surface area contributed by atoms with Crippen molar-refractivity contribution in [3.63, 3.8) is 0 Å². The first-order valence-corrected chi connectivity index (χ1v) is 11.5. The van der Waals surface area contributed by atoms with Crippen LogP contribution in [0.4, 0.5) is 0 Å². The van der Waals surface area contributed by atoms with Crippen molar-refractivity contribution in [2.75, 3.05) is 19.7 Å². The van der Waals surface area contributed by atoms with Gasteiger partial charge in [-0.3, -0.25) is 4.79 Å². The van der Waals surface area contributed by atoms with E-state index in [0.29, 0.717) is 13.2 Å². The summed E-state index contributed by atoms with van der Waals surface area (Å²) in [7, 11) is 0. The fraction of sp³-hybridized carbons (Fsp3) is 0.360. The summed E-state index contributed by atoms with van der Waals surface area (Å²) in [6.45, 7) is 6.66. The Bertz CT molecular complexity index is 946. The molecule has 0 radical (unpaired) electrons. The Morgan fingerprint density at radius 2 is 1.83 bits per heavy atom. The Morgan fingerprint density at radius 3 is 2.57 bits per heavy atom. The monoisotopic (exact) mass is 420 g/mol. The summed E-state index contributed by atoms with van der Waals surface area (Å²) < 4.78 is 7.13. The summed E-state index contributed by atoms with van der Waals surface area (Å²) in [5.41, 5.74) is 2.07. The highest BCUT2D eigenvalue weighted by atomic mass is 32.1. The number of thiazole rings is 1. The molecular formula is C25H28N2O2S. The standard InChI is InChI=1S/C25H28N2O2S/c1-2-20(18-29-17-19-11-5-3-6-12-19)23(25(28)27-15-9-4-10-16-27)24-26-21-13-7-8-14-22(21)30-24/h2-3,5-8,11-14,20,23H,1,4,9-10,15-18H2/t20-,23+/m1/s1. The lowest BCUT2D eigenvalue weighted by Gasteiger charge is -2.32. The predicted molar refractivity (Wildman–Crippen MR) is 123 cm³/mol. The van der Waals surface area contributed by atoms with E-state index >= 15 is 0 Å². The topological polar surface area (TPSA) is 42.4 Å². The van der Waals surface area contributed by atoms with E-state index in [9.17, 15) is 4.79 Å². The molecule has 0 bridgehead atoms. The van der Waals surface area contributed by atoms with E-state index in [1.807, 2.05) is 59.5 Å². The first-order valence-electron chi connectivity index (χ1n) is 10.6. The van der Waals surface area contributed by atoms with E-state index in [4.69, 9.17) is 9.72 Å². The number of fused-ring (bicyclic) bond motifs is 1. The van der Waals surface area contributed by atoms with Gasteiger partial charge >= 0.3 is 0 Å². The zero-order chi connectivity index (χ0) is 20.8. The van der Waals surface area contributed by atoms with Gasteiger partial charge in [0.25, 0.3) is 0 Å². The second-order valence-corrected chi connectivity index (χ2v) is 8.85. The smallest absolute Gasteiger partial charge is 0.233 e. The van der Waals surface area contributed by atoms with Crippen LogP contribution in [0.3, 0.4) is 0 Å². The van der Waals surface area contributed by atoms with Gasteiger partial charge in [0.2, 0.25) is 5.91 Å². The third-order valence-corrected chi connectivity index (χ3v) is 6.78. The summed E-state index contributed by atoms with van der Waals surface area (Å²) in [5.74, 6) is -0.320. The molecule has 0 spiro atoms. The van der Waals surface area contributed by atoms with Crippen molar-refractivity contribution in [1.29, 1.82) is 0 Å². The molecule has 1 aliphatic heterocycles. The lowest BCUT2D eigenvalue weighted by Crippen LogP contribution is -2.41. The van der Waals surface area contributed by atoms with Crippen LogP contribution < -0.4 is 0 Å². The van der Waals surface area contributed by atoms with Crippen LogP contribution in [-0.4, -0.2) is 35.5 Å². The Balaban J connectivity index is 1.57. The number of amides is 1. The van der Waals surface area contributed by atoms with E-state index in [2.05, 4.69) is 12.6 Å². The van der Waals surface area contributed by atoms with Gasteiger partial charge in [-0.05, 0) is 37.0 Å². The van der Waals surface area contributed by atoms with Crippen LogP contribution in [0.1, 0.15) is 35.8 Å². The lowest BCUT2D eigenvalue weighted by molar-refractivity contribution is -0.135. The molecule has 2 heterocycles. The number of rotatable bonds is 8. The zero-order valence-corrected chi connectivity index (χ0v) is 18.0. The SMILES string of the molecule is C=C[C@H](COCc1ccccc1)[C@H](C(=O)N1CCCCC1)c1nc2ccccc2s1. The van der Waals surface area contributed by atoms with Gasteiger partial charge in [-0.25, -0.2) is 4.98 Å². The minimum atomic E-state index is -0.353. The number of benzene rings is 2. The molecule has 1 fully saturated rings. The van der Waals surface area contributed by atoms with Crippen LogP contribution in [-0.2, 0) is 16.1 Å². The first kappa shape index (κ1) is 20.8. The molecule has 1 saturated heterocycles. The molecule has 2 atom stereocenters. The van der Waals surface area contributed by atoms with Crippen molar-refractivity contribution in [2.45, 2.75) is 31.8 Å². The van der Waals surface area contributed by atoms with E-state index in [1.165, 1.54) is 6.42 Å². The molecule has 4 rings (SSSR count). The molecule has 1 aromatic heterocycles. The fourth-order valence-corrected chi connectivity index (χ4v) is 5.13. The molecule has 30 heavy (non-hydrogen) atoms. The summed E-state index contributed by atoms with van der Waals surface area (Å²) in [5, 5.41) is 0.861. The van der Waals surface area contributed by atoms with Gasteiger partial charge < -0.3 is 9.64 Å². The van der Waals surface area contributed by atoms with E-state index in [0.717, 1.165) is 46.7 Å². The second-order valence-electron chi connectivity index (χ2n) is 7.78. The maximum atomic E-state index is 13.6. The second kappa shape index (κ2) is 10.0. The van der Waals surface area contributed by atoms with Gasteiger partial charge in [-0.1, -0.05) is 48.5 Å². The predicted octanol–water partition coefficient (Wildman–Crippen LogP) is 5.41. The van der Waals surface area contributed by atoms with Gasteiger partial charge in [0.05, 0.1) is 29.3 Å². The maximum Gasteiger partial charge on any atom is 0.233 e. The van der Waals surface area contributed by atoms with E-state index in [1.54, 1.807) is 11.3 Å². The third-order valence-electron chi connectivity index (χ3n) is 5.66. The number of piperidine rings is 1. The largest absolute Gasteiger partial charge is 0.376 e. The number of hydrogen-bond donors (Lipinski definition) is 0. The number of hydrogen-bond acceptors (Lipinski definition) is 4. The fourth-order valence-electron chi connectivity index (χ4n) is 3.99. The lowest BCUT2D eigenvalue weighted by atomic mass is 9.91. The Morgan fingerprint density at radius 1 is 1.10 bits per heavy atom. The van der Waals surface area contributed by atoms with Crippen LogP contribution in [0.5, 0.6) is 0 Å². The van der Waals surface area contributed by atoms with Crippen LogP contribution in [0, 0.1) is 5.92 Å². The van der Waals surface area contributed by atoms with Crippen molar-refractivity contribution < 1.29 is 9.53 Å². The Hall–Kier alpha value is -2.50. The maximum absolute atomic E-state index is 13.6. The molecule has 0 N–H and O–H groups in total. The van der Waals surface area contributed by atoms with Gasteiger partial charge in [0.15, 0.2) is 0 Å². The van der Waals surface area contributed by atoms with Crippen molar-refractivity contribution >= 4 is 27.5 Å². The van der Waals surface area contributed by atoms with E-state index in [-0.39, 0.29) is 17.7 Å². The number of aromatic nitrogens is 1. The molecule has 3 aromatic rings. The molecular weight excluding hydrogens is 392 g/mol. The number of carbonyl (C=O) groups is 1. The van der Waals surface area contributed by atoms with Gasteiger partial charge in [-0.15, -0.1) is 17.9 Å². The van der Waals surface area contributed by atoms with Gasteiger partial charge in [0.1, 0.15) is 5.01 Å². The molecule has 1 aliphatic rings. The Kier molecular flexibility index (Phi) is 6.92. The summed E-state index contributed by atoms with van der Waals surface area (Å²) in [6, 6.07) is 18.2. The van der Waals surface area contributed by atoms with Gasteiger partial charge in [0, 0.05) is 19.0 Å². The molecule has 2 aromatic carbocycles. The van der Waals surface area contributed by atoms with Gasteiger partial charge in [-0.2, -0.15) is 0 Å². The highest BCUT2D eigenvalue weighted by Crippen LogP contribution is 2.35. The van der Waals surface area contributed by atoms with E-state index < -0.39 is 0 Å². The highest BCUT2D eigenvalue weighted by molar-refractivity contribution is 7.18. The summed E-state index contributed by atoms with van der Waals surface area (Å²) >= 11 is 1.61. The number of para-hydroxylation sites is 1. The highest BCUT2D eigenvalue weighted by Gasteiger charge is 2.35. The Labute approximate surface area is 182 Å². The first-order chi connectivity index (χ1) is 14.8. The summed E-state index contributed by atoms with van der Waals surface area (Å²) in [6.07, 6.45) is 5.20. The quantitative estimate of drug-likeness (QED) is 0.458. The number of ether oxygens (including phenoxy) is 1. The minimum Gasteiger partial charge on any atom is -0.376 e. The third kappa shape index (κ3) is 4.79. The molecule has 4 nitrogen and oxygen atoms in total. The summed E-state index contributed by atoms with van der Waals surface area (Å²) in [4.78, 5) is 20.4. The normalized spacial score (nSPS) is 16.3. The molecule has 0 aliphatic carbocycles. The number of nitrogens with zero attached hydrogens (tertiary/aromatic N) is 2. The molecule has 5 heteroatoms. The van der Waals surface area contributed by atoms with Crippen molar-refractivity contribution in [3.8, 4) is 0 Å². The van der Waals surface area contributed by atoms with Crippen molar-refractivity contribution in [1.82, 2.24) is 9.88 Å². The number of carbonyl (C=O) groups excluding carboxylic acids is 1. The molecule has 0 saturated carbocycles. The molecule has 0 unspecified atom stereocenters. The average molecular weight is 421 g/mol. The molecule has 156 valence electrons.